The molecule has 90 valence electrons. The standard InChI is InChI=1S/C10H7F3N2O2/c11-10(12,13)17-6-1-2-8-5(3-6)4-7(14)9(16)15-8/h1-4H,14H2,(H,15,16). The van der Waals surface area contributed by atoms with Crippen LogP contribution < -0.4 is 16.0 Å². The second kappa shape index (κ2) is 3.69. The van der Waals surface area contributed by atoms with Crippen LogP contribution in [0.5, 0.6) is 5.75 Å². The Morgan fingerprint density at radius 3 is 2.59 bits per heavy atom. The number of nitrogen functional groups attached to an aromatic ring is 1. The first kappa shape index (κ1) is 11.3. The van der Waals surface area contributed by atoms with E-state index in [0.29, 0.717) is 10.9 Å². The van der Waals surface area contributed by atoms with Gasteiger partial charge in [-0.05, 0) is 24.3 Å². The quantitative estimate of drug-likeness (QED) is 0.806. The first-order valence-corrected chi connectivity index (χ1v) is 4.53. The van der Waals surface area contributed by atoms with E-state index in [0.717, 1.165) is 12.1 Å². The molecule has 4 nitrogen and oxygen atoms in total. The van der Waals surface area contributed by atoms with Crippen molar-refractivity contribution < 1.29 is 17.9 Å². The van der Waals surface area contributed by atoms with Gasteiger partial charge in [-0.25, -0.2) is 0 Å². The van der Waals surface area contributed by atoms with Crippen molar-refractivity contribution in [2.24, 2.45) is 0 Å². The Bertz CT molecular complexity index is 619. The molecule has 0 amide bonds. The minimum absolute atomic E-state index is 0.0679. The number of ether oxygens (including phenoxy) is 1. The van der Waals surface area contributed by atoms with Gasteiger partial charge in [-0.3, -0.25) is 4.79 Å². The number of nitrogens with two attached hydrogens (primary N) is 1. The van der Waals surface area contributed by atoms with Gasteiger partial charge in [0.1, 0.15) is 5.75 Å². The highest BCUT2D eigenvalue weighted by Gasteiger charge is 2.31. The number of rotatable bonds is 1. The van der Waals surface area contributed by atoms with Crippen LogP contribution in [0, 0.1) is 0 Å². The third-order valence-corrected chi connectivity index (χ3v) is 2.08. The number of alkyl halides is 3. The van der Waals surface area contributed by atoms with Gasteiger partial charge in [-0.15, -0.1) is 13.2 Å². The van der Waals surface area contributed by atoms with E-state index in [-0.39, 0.29) is 11.4 Å². The summed E-state index contributed by atoms with van der Waals surface area (Å²) in [6.45, 7) is 0. The van der Waals surface area contributed by atoms with Crippen molar-refractivity contribution in [2.75, 3.05) is 5.73 Å². The van der Waals surface area contributed by atoms with Crippen molar-refractivity contribution in [1.82, 2.24) is 4.98 Å². The summed E-state index contributed by atoms with van der Waals surface area (Å²) >= 11 is 0. The molecule has 0 bridgehead atoms. The number of aromatic nitrogens is 1. The van der Waals surface area contributed by atoms with Gasteiger partial charge >= 0.3 is 6.36 Å². The molecule has 0 saturated heterocycles. The number of anilines is 1. The second-order valence-electron chi connectivity index (χ2n) is 3.35. The van der Waals surface area contributed by atoms with Gasteiger partial charge < -0.3 is 15.5 Å². The van der Waals surface area contributed by atoms with Gasteiger partial charge in [-0.2, -0.15) is 0 Å². The van der Waals surface area contributed by atoms with E-state index in [1.807, 2.05) is 0 Å². The highest BCUT2D eigenvalue weighted by Crippen LogP contribution is 2.25. The van der Waals surface area contributed by atoms with Crippen LogP contribution in [0.2, 0.25) is 0 Å². The summed E-state index contributed by atoms with van der Waals surface area (Å²) in [6, 6.07) is 4.87. The lowest BCUT2D eigenvalue weighted by atomic mass is 10.2. The molecule has 0 aliphatic carbocycles. The van der Waals surface area contributed by atoms with Gasteiger partial charge in [0, 0.05) is 10.9 Å². The molecule has 0 aliphatic rings. The smallest absolute Gasteiger partial charge is 0.406 e. The molecule has 0 aliphatic heterocycles. The Kier molecular flexibility index (Phi) is 2.45. The first-order chi connectivity index (χ1) is 7.85. The molecule has 2 aromatic rings. The predicted octanol–water partition coefficient (Wildman–Crippen LogP) is 2.01. The highest BCUT2D eigenvalue weighted by molar-refractivity contribution is 5.82. The van der Waals surface area contributed by atoms with E-state index in [4.69, 9.17) is 5.73 Å². The Balaban J connectivity index is 2.51. The minimum Gasteiger partial charge on any atom is -0.406 e. The fourth-order valence-corrected chi connectivity index (χ4v) is 1.40. The zero-order chi connectivity index (χ0) is 12.6. The Morgan fingerprint density at radius 2 is 1.94 bits per heavy atom. The number of hydrogen-bond donors (Lipinski definition) is 2. The molecule has 0 saturated carbocycles. The second-order valence-corrected chi connectivity index (χ2v) is 3.35. The average Bonchev–Trinajstić information content (AvgIpc) is 2.18. The molecular formula is C10H7F3N2O2. The SMILES string of the molecule is Nc1cc2cc(OC(F)(F)F)ccc2[nH]c1=O. The molecular weight excluding hydrogens is 237 g/mol. The molecule has 1 aromatic heterocycles. The summed E-state index contributed by atoms with van der Waals surface area (Å²) in [5.41, 5.74) is 5.19. The number of nitrogens with one attached hydrogen (secondary N) is 1. The van der Waals surface area contributed by atoms with Crippen molar-refractivity contribution in [3.05, 3.63) is 34.6 Å². The number of fused-ring (bicyclic) bond motifs is 1. The largest absolute Gasteiger partial charge is 0.573 e. The van der Waals surface area contributed by atoms with Crippen LogP contribution in [-0.2, 0) is 0 Å². The fourth-order valence-electron chi connectivity index (χ4n) is 1.40. The maximum absolute atomic E-state index is 12.0. The van der Waals surface area contributed by atoms with Gasteiger partial charge in [0.15, 0.2) is 0 Å². The minimum atomic E-state index is -4.75. The van der Waals surface area contributed by atoms with Crippen LogP contribution in [0.25, 0.3) is 10.9 Å². The average molecular weight is 244 g/mol. The summed E-state index contributed by atoms with van der Waals surface area (Å²) in [5.74, 6) is -0.364. The van der Waals surface area contributed by atoms with E-state index >= 15 is 0 Å². The molecule has 17 heavy (non-hydrogen) atoms. The summed E-state index contributed by atoms with van der Waals surface area (Å²) in [6.07, 6.45) is -4.75. The Hall–Kier alpha value is -2.18. The number of hydrogen-bond acceptors (Lipinski definition) is 3. The summed E-state index contributed by atoms with van der Waals surface area (Å²) in [7, 11) is 0. The molecule has 3 N–H and O–H groups in total. The fraction of sp³-hybridized carbons (Fsp3) is 0.100. The molecule has 0 atom stereocenters. The maximum Gasteiger partial charge on any atom is 0.573 e. The summed E-state index contributed by atoms with van der Waals surface area (Å²) < 4.78 is 39.7. The maximum atomic E-state index is 12.0. The van der Waals surface area contributed by atoms with Crippen LogP contribution in [0.1, 0.15) is 0 Å². The lowest BCUT2D eigenvalue weighted by Crippen LogP contribution is -2.17. The van der Waals surface area contributed by atoms with Gasteiger partial charge in [0.2, 0.25) is 0 Å². The molecule has 0 unspecified atom stereocenters. The van der Waals surface area contributed by atoms with Crippen LogP contribution in [0.3, 0.4) is 0 Å². The number of aromatic amines is 1. The first-order valence-electron chi connectivity index (χ1n) is 4.53. The Morgan fingerprint density at radius 1 is 1.24 bits per heavy atom. The lowest BCUT2D eigenvalue weighted by molar-refractivity contribution is -0.274. The molecule has 0 spiro atoms. The molecule has 0 radical (unpaired) electrons. The molecule has 2 rings (SSSR count). The molecule has 0 fully saturated rings. The monoisotopic (exact) mass is 244 g/mol. The van der Waals surface area contributed by atoms with E-state index in [1.54, 1.807) is 0 Å². The third kappa shape index (κ3) is 2.49. The van der Waals surface area contributed by atoms with Crippen molar-refractivity contribution >= 4 is 16.6 Å². The van der Waals surface area contributed by atoms with Crippen LogP contribution in [0.15, 0.2) is 29.1 Å². The number of benzene rings is 1. The van der Waals surface area contributed by atoms with E-state index < -0.39 is 11.9 Å². The van der Waals surface area contributed by atoms with E-state index in [9.17, 15) is 18.0 Å². The van der Waals surface area contributed by atoms with Gasteiger partial charge in [0.05, 0.1) is 5.69 Å². The third-order valence-electron chi connectivity index (χ3n) is 2.08. The normalized spacial score (nSPS) is 11.7. The van der Waals surface area contributed by atoms with Crippen molar-refractivity contribution in [2.45, 2.75) is 6.36 Å². The zero-order valence-corrected chi connectivity index (χ0v) is 8.34. The molecule has 1 aromatic carbocycles. The lowest BCUT2D eigenvalue weighted by Gasteiger charge is -2.09. The Labute approximate surface area is 92.8 Å². The van der Waals surface area contributed by atoms with Gasteiger partial charge in [0.25, 0.3) is 5.56 Å². The summed E-state index contributed by atoms with van der Waals surface area (Å²) in [4.78, 5) is 13.6. The van der Waals surface area contributed by atoms with Crippen LogP contribution in [-0.4, -0.2) is 11.3 Å². The summed E-state index contributed by atoms with van der Waals surface area (Å²) in [5, 5.41) is 0.365. The van der Waals surface area contributed by atoms with E-state index in [2.05, 4.69) is 9.72 Å². The van der Waals surface area contributed by atoms with Crippen molar-refractivity contribution in [3.8, 4) is 5.75 Å². The zero-order valence-electron chi connectivity index (χ0n) is 8.34. The molecule has 7 heteroatoms. The van der Waals surface area contributed by atoms with Crippen molar-refractivity contribution in [1.29, 1.82) is 0 Å². The van der Waals surface area contributed by atoms with Crippen LogP contribution in [0.4, 0.5) is 18.9 Å². The number of halogens is 3. The topological polar surface area (TPSA) is 68.1 Å². The predicted molar refractivity (Wildman–Crippen MR) is 55.7 cm³/mol. The van der Waals surface area contributed by atoms with E-state index in [1.165, 1.54) is 12.1 Å². The van der Waals surface area contributed by atoms with Gasteiger partial charge in [-0.1, -0.05) is 0 Å². The van der Waals surface area contributed by atoms with Crippen LogP contribution >= 0.6 is 0 Å². The van der Waals surface area contributed by atoms with Crippen molar-refractivity contribution in [3.63, 3.8) is 0 Å². The number of H-pyrrole nitrogens is 1. The highest BCUT2D eigenvalue weighted by atomic mass is 19.4. The number of pyridine rings is 1. The molecule has 1 heterocycles.